The molecular weight excluding hydrogens is 435 g/mol. The third-order valence-electron chi connectivity index (χ3n) is 6.58. The molecule has 0 aromatic heterocycles. The first-order valence-corrected chi connectivity index (χ1v) is 11.4. The van der Waals surface area contributed by atoms with E-state index >= 15 is 4.39 Å². The molecule has 3 aromatic carbocycles. The fourth-order valence-electron chi connectivity index (χ4n) is 4.84. The van der Waals surface area contributed by atoms with Crippen molar-refractivity contribution in [2.24, 2.45) is 11.8 Å². The molecule has 34 heavy (non-hydrogen) atoms. The minimum Gasteiger partial charge on any atom is -0.459 e. The Bertz CT molecular complexity index is 1130. The predicted octanol–water partition coefficient (Wildman–Crippen LogP) is 5.00. The summed E-state index contributed by atoms with van der Waals surface area (Å²) < 4.78 is 32.0. The summed E-state index contributed by atoms with van der Waals surface area (Å²) in [7, 11) is 0. The van der Waals surface area contributed by atoms with Gasteiger partial charge in [0.15, 0.2) is 6.17 Å². The third kappa shape index (κ3) is 4.59. The second-order valence-corrected chi connectivity index (χ2v) is 8.74. The number of halogens is 1. The maximum atomic E-state index is 15.3. The number of alkyl halides is 1. The molecule has 3 aromatic rings. The number of ether oxygens (including phenoxy) is 3. The van der Waals surface area contributed by atoms with Crippen LogP contribution >= 0.6 is 0 Å². The monoisotopic (exact) mass is 460 g/mol. The maximum absolute atomic E-state index is 15.3. The summed E-state index contributed by atoms with van der Waals surface area (Å²) in [5.41, 5.74) is 3.33. The van der Waals surface area contributed by atoms with Crippen LogP contribution in [0.4, 0.5) is 4.39 Å². The van der Waals surface area contributed by atoms with Crippen molar-refractivity contribution in [2.75, 3.05) is 6.61 Å². The molecular formula is C28H25FO5. The van der Waals surface area contributed by atoms with E-state index in [0.29, 0.717) is 12.2 Å². The van der Waals surface area contributed by atoms with Crippen molar-refractivity contribution in [3.05, 3.63) is 96.1 Å². The van der Waals surface area contributed by atoms with Crippen molar-refractivity contribution >= 4 is 11.9 Å². The van der Waals surface area contributed by atoms with Gasteiger partial charge in [-0.2, -0.15) is 0 Å². The number of fused-ring (bicyclic) bond motifs is 1. The number of carbonyl (C=O) groups is 2. The molecule has 6 heteroatoms. The van der Waals surface area contributed by atoms with Gasteiger partial charge in [-0.25, -0.2) is 9.18 Å². The molecule has 0 N–H and O–H groups in total. The number of hydrogen-bond acceptors (Lipinski definition) is 5. The van der Waals surface area contributed by atoms with Crippen LogP contribution in [0.2, 0.25) is 0 Å². The van der Waals surface area contributed by atoms with E-state index in [9.17, 15) is 9.59 Å². The van der Waals surface area contributed by atoms with Crippen molar-refractivity contribution in [1.82, 2.24) is 0 Å². The van der Waals surface area contributed by atoms with E-state index in [2.05, 4.69) is 0 Å². The Morgan fingerprint density at radius 1 is 0.912 bits per heavy atom. The largest absolute Gasteiger partial charge is 0.459 e. The molecule has 1 heterocycles. The molecule has 2 fully saturated rings. The van der Waals surface area contributed by atoms with Crippen LogP contribution in [0, 0.1) is 11.8 Å². The minimum atomic E-state index is -1.59. The fourth-order valence-corrected chi connectivity index (χ4v) is 4.84. The van der Waals surface area contributed by atoms with E-state index in [4.69, 9.17) is 14.2 Å². The standard InChI is InChI=1S/C28H25FO5/c29-25-26-22(15-24(30)33-26)23(17-32-16-18-7-3-1-4-8-18)27(25)34-28(31)21-13-11-20(12-14-21)19-9-5-2-6-10-19/h1-14,22-23,25-27H,15-17H2/t22-,23-,25+,26-,27+/m1/s1. The molecule has 5 rings (SSSR count). The van der Waals surface area contributed by atoms with Gasteiger partial charge in [0.2, 0.25) is 0 Å². The molecule has 1 aliphatic carbocycles. The zero-order chi connectivity index (χ0) is 23.5. The zero-order valence-electron chi connectivity index (χ0n) is 18.5. The van der Waals surface area contributed by atoms with Gasteiger partial charge in [-0.15, -0.1) is 0 Å². The first-order valence-electron chi connectivity index (χ1n) is 11.4. The van der Waals surface area contributed by atoms with Crippen LogP contribution in [0.1, 0.15) is 22.3 Å². The second-order valence-electron chi connectivity index (χ2n) is 8.74. The molecule has 2 aliphatic rings. The molecule has 0 unspecified atom stereocenters. The Hall–Kier alpha value is -3.51. The average molecular weight is 461 g/mol. The van der Waals surface area contributed by atoms with Gasteiger partial charge in [-0.1, -0.05) is 72.8 Å². The van der Waals surface area contributed by atoms with Crippen LogP contribution in [0.25, 0.3) is 11.1 Å². The van der Waals surface area contributed by atoms with Gasteiger partial charge in [0.1, 0.15) is 12.2 Å². The van der Waals surface area contributed by atoms with Crippen LogP contribution in [0.3, 0.4) is 0 Å². The normalized spacial score (nSPS) is 25.6. The van der Waals surface area contributed by atoms with Gasteiger partial charge >= 0.3 is 11.9 Å². The Morgan fingerprint density at radius 2 is 1.56 bits per heavy atom. The van der Waals surface area contributed by atoms with E-state index in [1.165, 1.54) is 0 Å². The summed E-state index contributed by atoms with van der Waals surface area (Å²) >= 11 is 0. The number of rotatable bonds is 7. The van der Waals surface area contributed by atoms with E-state index in [-0.39, 0.29) is 18.9 Å². The van der Waals surface area contributed by atoms with Crippen molar-refractivity contribution < 1.29 is 28.2 Å². The number of carbonyl (C=O) groups excluding carboxylic acids is 2. The van der Waals surface area contributed by atoms with E-state index in [1.807, 2.05) is 72.8 Å². The van der Waals surface area contributed by atoms with Crippen LogP contribution in [-0.4, -0.2) is 36.9 Å². The van der Waals surface area contributed by atoms with Crippen molar-refractivity contribution in [2.45, 2.75) is 31.4 Å². The van der Waals surface area contributed by atoms with Crippen LogP contribution < -0.4 is 0 Å². The first kappa shape index (κ1) is 22.3. The molecule has 1 saturated carbocycles. The van der Waals surface area contributed by atoms with E-state index in [1.54, 1.807) is 12.1 Å². The zero-order valence-corrected chi connectivity index (χ0v) is 18.5. The third-order valence-corrected chi connectivity index (χ3v) is 6.58. The quantitative estimate of drug-likeness (QED) is 0.465. The Kier molecular flexibility index (Phi) is 6.41. The number of benzene rings is 3. The van der Waals surface area contributed by atoms with Gasteiger partial charge in [-0.3, -0.25) is 4.79 Å². The summed E-state index contributed by atoms with van der Waals surface area (Å²) in [6, 6.07) is 26.5. The molecule has 0 radical (unpaired) electrons. The van der Waals surface area contributed by atoms with Crippen molar-refractivity contribution in [3.8, 4) is 11.1 Å². The lowest BCUT2D eigenvalue weighted by atomic mass is 9.93. The molecule has 0 spiro atoms. The van der Waals surface area contributed by atoms with Gasteiger partial charge in [0, 0.05) is 11.8 Å². The molecule has 174 valence electrons. The molecule has 1 aliphatic heterocycles. The van der Waals surface area contributed by atoms with E-state index < -0.39 is 36.2 Å². The van der Waals surface area contributed by atoms with Gasteiger partial charge in [-0.05, 0) is 28.8 Å². The first-order chi connectivity index (χ1) is 16.6. The predicted molar refractivity (Wildman–Crippen MR) is 124 cm³/mol. The SMILES string of the molecule is O=C1C[C@@H]2[C@@H](COCc3ccccc3)[C@H](OC(=O)c3ccc(-c4ccccc4)cc3)[C@@H](F)[C@@H]2O1. The maximum Gasteiger partial charge on any atom is 0.338 e. The molecule has 5 atom stereocenters. The minimum absolute atomic E-state index is 0.101. The second kappa shape index (κ2) is 9.77. The lowest BCUT2D eigenvalue weighted by Crippen LogP contribution is -2.35. The highest BCUT2D eigenvalue weighted by Gasteiger charge is 2.58. The summed E-state index contributed by atoms with van der Waals surface area (Å²) in [5, 5.41) is 0. The highest BCUT2D eigenvalue weighted by atomic mass is 19.1. The van der Waals surface area contributed by atoms with Crippen molar-refractivity contribution in [3.63, 3.8) is 0 Å². The highest BCUT2D eigenvalue weighted by Crippen LogP contribution is 2.45. The average Bonchev–Trinajstić information content (AvgIpc) is 3.37. The van der Waals surface area contributed by atoms with Crippen molar-refractivity contribution in [1.29, 1.82) is 0 Å². The Balaban J connectivity index is 1.28. The van der Waals surface area contributed by atoms with E-state index in [0.717, 1.165) is 16.7 Å². The van der Waals surface area contributed by atoms with Gasteiger partial charge < -0.3 is 14.2 Å². The van der Waals surface area contributed by atoms with Gasteiger partial charge in [0.25, 0.3) is 0 Å². The molecule has 0 bridgehead atoms. The number of esters is 2. The summed E-state index contributed by atoms with van der Waals surface area (Å²) in [5.74, 6) is -1.88. The van der Waals surface area contributed by atoms with Crippen LogP contribution in [0.15, 0.2) is 84.9 Å². The molecule has 0 amide bonds. The smallest absolute Gasteiger partial charge is 0.338 e. The molecule has 1 saturated heterocycles. The molecule has 5 nitrogen and oxygen atoms in total. The summed E-state index contributed by atoms with van der Waals surface area (Å²) in [6.07, 6.45) is -3.44. The van der Waals surface area contributed by atoms with Crippen LogP contribution in [0.5, 0.6) is 0 Å². The topological polar surface area (TPSA) is 61.8 Å². The summed E-state index contributed by atoms with van der Waals surface area (Å²) in [4.78, 5) is 24.7. The van der Waals surface area contributed by atoms with Crippen LogP contribution in [-0.2, 0) is 25.6 Å². The Labute approximate surface area is 197 Å². The Morgan fingerprint density at radius 3 is 2.26 bits per heavy atom. The lowest BCUT2D eigenvalue weighted by Gasteiger charge is -2.24. The van der Waals surface area contributed by atoms with Gasteiger partial charge in [0.05, 0.1) is 25.2 Å². The highest BCUT2D eigenvalue weighted by molar-refractivity contribution is 5.90. The summed E-state index contributed by atoms with van der Waals surface area (Å²) in [6.45, 7) is 0.514. The number of hydrogen-bond donors (Lipinski definition) is 0. The lowest BCUT2D eigenvalue weighted by molar-refractivity contribution is -0.144. The fraction of sp³-hybridized carbons (Fsp3) is 0.286.